The number of urea groups is 1. The Hall–Kier alpha value is -2.30. The Bertz CT molecular complexity index is 569. The van der Waals surface area contributed by atoms with Crippen LogP contribution in [0.2, 0.25) is 0 Å². The van der Waals surface area contributed by atoms with E-state index < -0.39 is 5.97 Å². The molecule has 1 atom stereocenters. The lowest BCUT2D eigenvalue weighted by atomic mass is 9.99. The minimum atomic E-state index is -0.945. The van der Waals surface area contributed by atoms with Crippen LogP contribution >= 0.6 is 0 Å². The Balaban J connectivity index is 2.19. The first-order chi connectivity index (χ1) is 10.0. The van der Waals surface area contributed by atoms with E-state index >= 15 is 0 Å². The van der Waals surface area contributed by atoms with Gasteiger partial charge in [0.15, 0.2) is 0 Å². The molecule has 0 saturated carbocycles. The number of fused-ring (bicyclic) bond motifs is 1. The highest BCUT2D eigenvalue weighted by Gasteiger charge is 2.24. The van der Waals surface area contributed by atoms with E-state index in [1.165, 1.54) is 0 Å². The molecule has 1 aromatic rings. The molecular formula is C16H20N2O3. The minimum absolute atomic E-state index is 0.0265. The van der Waals surface area contributed by atoms with Crippen molar-refractivity contribution < 1.29 is 14.7 Å². The minimum Gasteiger partial charge on any atom is -0.478 e. The largest absolute Gasteiger partial charge is 0.478 e. The van der Waals surface area contributed by atoms with Crippen LogP contribution in [0.4, 0.5) is 10.5 Å². The maximum Gasteiger partial charge on any atom is 0.335 e. The summed E-state index contributed by atoms with van der Waals surface area (Å²) in [6, 6.07) is 4.80. The van der Waals surface area contributed by atoms with Gasteiger partial charge in [-0.15, -0.1) is 6.58 Å². The quantitative estimate of drug-likeness (QED) is 0.837. The molecule has 0 radical (unpaired) electrons. The highest BCUT2D eigenvalue weighted by Crippen LogP contribution is 2.28. The molecule has 1 aromatic carbocycles. The average Bonchev–Trinajstić information content (AvgIpc) is 2.46. The number of carbonyl (C=O) groups is 2. The molecule has 2 rings (SSSR count). The van der Waals surface area contributed by atoms with Gasteiger partial charge in [-0.25, -0.2) is 9.59 Å². The summed E-state index contributed by atoms with van der Waals surface area (Å²) in [6.45, 7) is 6.24. The number of carboxylic acids is 1. The summed E-state index contributed by atoms with van der Waals surface area (Å²) in [5.74, 6) is -0.945. The van der Waals surface area contributed by atoms with Crippen LogP contribution in [0.1, 0.15) is 35.7 Å². The van der Waals surface area contributed by atoms with Gasteiger partial charge in [-0.2, -0.15) is 0 Å². The molecule has 1 aliphatic rings. The van der Waals surface area contributed by atoms with Crippen molar-refractivity contribution in [2.24, 2.45) is 0 Å². The van der Waals surface area contributed by atoms with Gasteiger partial charge in [0.25, 0.3) is 0 Å². The Labute approximate surface area is 124 Å². The second kappa shape index (κ2) is 6.43. The lowest BCUT2D eigenvalue weighted by Crippen LogP contribution is -2.46. The Morgan fingerprint density at radius 2 is 2.29 bits per heavy atom. The van der Waals surface area contributed by atoms with E-state index in [4.69, 9.17) is 5.11 Å². The number of amides is 2. The van der Waals surface area contributed by atoms with E-state index in [1.807, 2.05) is 6.92 Å². The molecule has 5 nitrogen and oxygen atoms in total. The summed E-state index contributed by atoms with van der Waals surface area (Å²) in [5.41, 5.74) is 1.97. The van der Waals surface area contributed by atoms with Gasteiger partial charge in [0, 0.05) is 18.3 Å². The number of hydrogen-bond acceptors (Lipinski definition) is 2. The van der Waals surface area contributed by atoms with Gasteiger partial charge >= 0.3 is 12.0 Å². The first-order valence-electron chi connectivity index (χ1n) is 7.08. The molecular weight excluding hydrogens is 268 g/mol. The Kier molecular flexibility index (Phi) is 4.62. The normalized spacial score (nSPS) is 15.0. The Morgan fingerprint density at radius 3 is 2.95 bits per heavy atom. The van der Waals surface area contributed by atoms with E-state index in [0.717, 1.165) is 24.1 Å². The second-order valence-electron chi connectivity index (χ2n) is 5.28. The van der Waals surface area contributed by atoms with Crippen LogP contribution in [0.3, 0.4) is 0 Å². The molecule has 2 amide bonds. The number of aryl methyl sites for hydroxylation is 1. The predicted molar refractivity (Wildman–Crippen MR) is 81.9 cm³/mol. The van der Waals surface area contributed by atoms with Crippen LogP contribution in [0.5, 0.6) is 0 Å². The summed E-state index contributed by atoms with van der Waals surface area (Å²) >= 11 is 0. The van der Waals surface area contributed by atoms with Gasteiger partial charge in [0.1, 0.15) is 0 Å². The van der Waals surface area contributed by atoms with Gasteiger partial charge in [0.2, 0.25) is 0 Å². The molecule has 112 valence electrons. The van der Waals surface area contributed by atoms with E-state index in [2.05, 4.69) is 11.9 Å². The van der Waals surface area contributed by atoms with Crippen LogP contribution < -0.4 is 10.2 Å². The fraction of sp³-hybridized carbons (Fsp3) is 0.375. The third-order valence-corrected chi connectivity index (χ3v) is 3.58. The van der Waals surface area contributed by atoms with Crippen molar-refractivity contribution >= 4 is 17.7 Å². The molecule has 2 N–H and O–H groups in total. The van der Waals surface area contributed by atoms with Gasteiger partial charge in [-0.1, -0.05) is 6.08 Å². The zero-order valence-electron chi connectivity index (χ0n) is 12.1. The third kappa shape index (κ3) is 3.42. The van der Waals surface area contributed by atoms with Gasteiger partial charge < -0.3 is 10.4 Å². The lowest BCUT2D eigenvalue weighted by molar-refractivity contribution is 0.0696. The first kappa shape index (κ1) is 15.1. The van der Waals surface area contributed by atoms with Crippen LogP contribution in [-0.2, 0) is 6.42 Å². The monoisotopic (exact) mass is 288 g/mol. The molecule has 0 aliphatic carbocycles. The average molecular weight is 288 g/mol. The predicted octanol–water partition coefficient (Wildman–Crippen LogP) is 2.81. The fourth-order valence-corrected chi connectivity index (χ4v) is 2.54. The summed E-state index contributed by atoms with van der Waals surface area (Å²) in [7, 11) is 0. The lowest BCUT2D eigenvalue weighted by Gasteiger charge is -2.30. The molecule has 0 fully saturated rings. The number of benzene rings is 1. The van der Waals surface area contributed by atoms with Gasteiger partial charge in [-0.3, -0.25) is 4.90 Å². The van der Waals surface area contributed by atoms with Crippen LogP contribution in [0.15, 0.2) is 30.9 Å². The van der Waals surface area contributed by atoms with Crippen LogP contribution in [0, 0.1) is 0 Å². The van der Waals surface area contributed by atoms with Gasteiger partial charge in [0.05, 0.1) is 5.56 Å². The summed E-state index contributed by atoms with van der Waals surface area (Å²) in [5, 5.41) is 12.0. The maximum atomic E-state index is 12.3. The molecule has 21 heavy (non-hydrogen) atoms. The van der Waals surface area contributed by atoms with Crippen molar-refractivity contribution in [1.82, 2.24) is 5.32 Å². The van der Waals surface area contributed by atoms with E-state index in [-0.39, 0.29) is 17.6 Å². The highest BCUT2D eigenvalue weighted by atomic mass is 16.4. The highest BCUT2D eigenvalue weighted by molar-refractivity contribution is 5.95. The van der Waals surface area contributed by atoms with Crippen molar-refractivity contribution in [2.75, 3.05) is 11.4 Å². The second-order valence-corrected chi connectivity index (χ2v) is 5.28. The number of rotatable bonds is 4. The number of nitrogens with zero attached hydrogens (tertiary/aromatic N) is 1. The van der Waals surface area contributed by atoms with Crippen molar-refractivity contribution in [3.63, 3.8) is 0 Å². The molecule has 0 aromatic heterocycles. The number of carboxylic acid groups (broad SMARTS) is 1. The fourth-order valence-electron chi connectivity index (χ4n) is 2.54. The number of anilines is 1. The molecule has 0 bridgehead atoms. The maximum absolute atomic E-state index is 12.3. The molecule has 0 spiro atoms. The summed E-state index contributed by atoms with van der Waals surface area (Å²) < 4.78 is 0. The van der Waals surface area contributed by atoms with Crippen LogP contribution in [0.25, 0.3) is 0 Å². The number of carbonyl (C=O) groups excluding carboxylic acids is 1. The molecule has 1 aliphatic heterocycles. The zero-order valence-corrected chi connectivity index (χ0v) is 12.1. The van der Waals surface area contributed by atoms with Crippen LogP contribution in [-0.4, -0.2) is 29.7 Å². The van der Waals surface area contributed by atoms with Crippen molar-refractivity contribution in [3.8, 4) is 0 Å². The smallest absolute Gasteiger partial charge is 0.335 e. The molecule has 1 heterocycles. The van der Waals surface area contributed by atoms with Crippen molar-refractivity contribution in [3.05, 3.63) is 42.0 Å². The summed E-state index contributed by atoms with van der Waals surface area (Å²) in [4.78, 5) is 25.0. The van der Waals surface area contributed by atoms with Crippen molar-refractivity contribution in [1.29, 1.82) is 0 Å². The molecule has 5 heteroatoms. The zero-order chi connectivity index (χ0) is 15.4. The SMILES string of the molecule is C=CCC(C)NC(=O)N1CCCc2cc(C(=O)O)ccc21. The third-order valence-electron chi connectivity index (χ3n) is 3.58. The first-order valence-corrected chi connectivity index (χ1v) is 7.08. The molecule has 1 unspecified atom stereocenters. The van der Waals surface area contributed by atoms with E-state index in [9.17, 15) is 9.59 Å². The number of nitrogens with one attached hydrogen (secondary N) is 1. The number of aromatic carboxylic acids is 1. The topological polar surface area (TPSA) is 69.6 Å². The van der Waals surface area contributed by atoms with Gasteiger partial charge in [-0.05, 0) is 49.9 Å². The van der Waals surface area contributed by atoms with E-state index in [0.29, 0.717) is 13.0 Å². The van der Waals surface area contributed by atoms with Crippen molar-refractivity contribution in [2.45, 2.75) is 32.2 Å². The number of hydrogen-bond donors (Lipinski definition) is 2. The standard InChI is InChI=1S/C16H20N2O3/c1-3-5-11(2)17-16(21)18-9-4-6-12-10-13(15(19)20)7-8-14(12)18/h3,7-8,10-11H,1,4-6,9H2,2H3,(H,17,21)(H,19,20). The summed E-state index contributed by atoms with van der Waals surface area (Å²) in [6.07, 6.45) is 4.11. The Morgan fingerprint density at radius 1 is 1.52 bits per heavy atom. The molecule has 0 saturated heterocycles. The van der Waals surface area contributed by atoms with E-state index in [1.54, 1.807) is 29.2 Å².